The van der Waals surface area contributed by atoms with E-state index in [0.29, 0.717) is 0 Å². The summed E-state index contributed by atoms with van der Waals surface area (Å²) >= 11 is 0. The van der Waals surface area contributed by atoms with E-state index in [2.05, 4.69) is 0 Å². The Morgan fingerprint density at radius 1 is 1.21 bits per heavy atom. The summed E-state index contributed by atoms with van der Waals surface area (Å²) in [6.45, 7) is 0. The van der Waals surface area contributed by atoms with Crippen molar-refractivity contribution in [3.8, 4) is 5.75 Å². The number of ketones is 1. The molecule has 0 heterocycles. The van der Waals surface area contributed by atoms with Crippen LogP contribution >= 0.6 is 0 Å². The van der Waals surface area contributed by atoms with Crippen LogP contribution in [-0.2, 0) is 0 Å². The predicted molar refractivity (Wildman–Crippen MR) is 48.0 cm³/mol. The van der Waals surface area contributed by atoms with Crippen molar-refractivity contribution in [1.29, 1.82) is 0 Å². The highest BCUT2D eigenvalue weighted by Gasteiger charge is 2.32. The lowest BCUT2D eigenvalue weighted by Crippen LogP contribution is -2.29. The monoisotopic (exact) mass is 194 g/mol. The molecule has 1 aromatic rings. The van der Waals surface area contributed by atoms with Gasteiger partial charge < -0.3 is 15.3 Å². The second-order valence-electron chi connectivity index (χ2n) is 3.37. The maximum atomic E-state index is 11.4. The molecule has 0 aromatic heterocycles. The Kier molecular flexibility index (Phi) is 2.02. The fourth-order valence-electron chi connectivity index (χ4n) is 1.73. The van der Waals surface area contributed by atoms with E-state index in [1.54, 1.807) is 0 Å². The predicted octanol–water partition coefficient (Wildman–Crippen LogP) is 0.373. The summed E-state index contributed by atoms with van der Waals surface area (Å²) in [7, 11) is 0. The van der Waals surface area contributed by atoms with Crippen LogP contribution in [0.25, 0.3) is 0 Å². The quantitative estimate of drug-likeness (QED) is 0.557. The lowest BCUT2D eigenvalue weighted by Gasteiger charge is -2.24. The minimum atomic E-state index is -1.17. The maximum absolute atomic E-state index is 11.4. The van der Waals surface area contributed by atoms with Crippen LogP contribution < -0.4 is 0 Å². The van der Waals surface area contributed by atoms with Gasteiger partial charge in [0.05, 0.1) is 6.10 Å². The van der Waals surface area contributed by atoms with Gasteiger partial charge >= 0.3 is 0 Å². The first kappa shape index (κ1) is 9.18. The third kappa shape index (κ3) is 1.20. The summed E-state index contributed by atoms with van der Waals surface area (Å²) in [5.74, 6) is -0.545. The van der Waals surface area contributed by atoms with Gasteiger partial charge in [-0.2, -0.15) is 0 Å². The number of hydrogen-bond donors (Lipinski definition) is 3. The largest absolute Gasteiger partial charge is 0.508 e. The smallest absolute Gasteiger partial charge is 0.191 e. The molecule has 3 N–H and O–H groups in total. The van der Waals surface area contributed by atoms with Gasteiger partial charge in [0.25, 0.3) is 0 Å². The van der Waals surface area contributed by atoms with Crippen molar-refractivity contribution in [2.24, 2.45) is 0 Å². The van der Waals surface area contributed by atoms with E-state index < -0.39 is 18.0 Å². The van der Waals surface area contributed by atoms with Crippen molar-refractivity contribution in [2.75, 3.05) is 0 Å². The number of aliphatic hydroxyl groups is 2. The van der Waals surface area contributed by atoms with Crippen molar-refractivity contribution in [3.05, 3.63) is 29.3 Å². The molecule has 0 unspecified atom stereocenters. The molecular formula is C10H10O4. The van der Waals surface area contributed by atoms with Crippen LogP contribution in [0.15, 0.2) is 18.2 Å². The summed E-state index contributed by atoms with van der Waals surface area (Å²) in [5, 5.41) is 28.3. The molecule has 0 amide bonds. The van der Waals surface area contributed by atoms with Gasteiger partial charge in [0.1, 0.15) is 11.9 Å². The van der Waals surface area contributed by atoms with Gasteiger partial charge in [0, 0.05) is 17.5 Å². The molecule has 0 saturated heterocycles. The van der Waals surface area contributed by atoms with E-state index in [9.17, 15) is 20.1 Å². The zero-order valence-corrected chi connectivity index (χ0v) is 7.34. The van der Waals surface area contributed by atoms with Gasteiger partial charge in [0.2, 0.25) is 0 Å². The molecule has 0 radical (unpaired) electrons. The molecule has 4 nitrogen and oxygen atoms in total. The van der Waals surface area contributed by atoms with Gasteiger partial charge in [-0.15, -0.1) is 0 Å². The number of phenols is 1. The van der Waals surface area contributed by atoms with E-state index in [0.717, 1.165) is 0 Å². The zero-order valence-electron chi connectivity index (χ0n) is 7.34. The van der Waals surface area contributed by atoms with Crippen molar-refractivity contribution >= 4 is 5.78 Å². The van der Waals surface area contributed by atoms with Gasteiger partial charge in [-0.05, 0) is 6.07 Å². The molecule has 0 aliphatic heterocycles. The van der Waals surface area contributed by atoms with Crippen LogP contribution in [0.3, 0.4) is 0 Å². The minimum Gasteiger partial charge on any atom is -0.508 e. The van der Waals surface area contributed by atoms with Crippen LogP contribution in [0.1, 0.15) is 28.4 Å². The molecule has 0 fully saturated rings. The molecule has 4 heteroatoms. The number of benzene rings is 1. The molecule has 0 spiro atoms. The average Bonchev–Trinajstić information content (AvgIpc) is 2.14. The number of Topliss-reactive ketones (excluding diaryl/α,β-unsaturated/α-hetero) is 1. The molecule has 74 valence electrons. The minimum absolute atomic E-state index is 0.0522. The first-order chi connectivity index (χ1) is 6.61. The second kappa shape index (κ2) is 3.08. The van der Waals surface area contributed by atoms with E-state index in [1.165, 1.54) is 18.2 Å². The highest BCUT2D eigenvalue weighted by molar-refractivity contribution is 6.02. The van der Waals surface area contributed by atoms with Crippen molar-refractivity contribution < 1.29 is 20.1 Å². The number of aromatic hydroxyl groups is 1. The van der Waals surface area contributed by atoms with E-state index in [4.69, 9.17) is 0 Å². The van der Waals surface area contributed by atoms with Crippen LogP contribution in [0.5, 0.6) is 5.75 Å². The van der Waals surface area contributed by atoms with Crippen LogP contribution in [-0.4, -0.2) is 27.2 Å². The third-order valence-electron chi connectivity index (χ3n) is 2.43. The lowest BCUT2D eigenvalue weighted by atomic mass is 9.86. The zero-order chi connectivity index (χ0) is 10.3. The molecule has 14 heavy (non-hydrogen) atoms. The fraction of sp³-hybridized carbons (Fsp3) is 0.300. The number of carbonyl (C=O) groups is 1. The Bertz CT molecular complexity index is 386. The number of hydrogen-bond acceptors (Lipinski definition) is 4. The number of carbonyl (C=O) groups excluding carboxylic acids is 1. The van der Waals surface area contributed by atoms with Gasteiger partial charge in [-0.1, -0.05) is 12.1 Å². The topological polar surface area (TPSA) is 77.8 Å². The highest BCUT2D eigenvalue weighted by atomic mass is 16.3. The SMILES string of the molecule is O=C1c2cccc(O)c2[C@@H](O)C[C@H]1O. The number of aliphatic hydroxyl groups excluding tert-OH is 2. The second-order valence-corrected chi connectivity index (χ2v) is 3.37. The van der Waals surface area contributed by atoms with E-state index >= 15 is 0 Å². The third-order valence-corrected chi connectivity index (χ3v) is 2.43. The van der Waals surface area contributed by atoms with Crippen LogP contribution in [0.4, 0.5) is 0 Å². The van der Waals surface area contributed by atoms with Crippen molar-refractivity contribution in [3.63, 3.8) is 0 Å². The molecule has 0 saturated carbocycles. The number of phenolic OH excluding ortho intramolecular Hbond substituents is 1. The molecule has 1 aliphatic carbocycles. The maximum Gasteiger partial charge on any atom is 0.191 e. The molecule has 1 aliphatic rings. The van der Waals surface area contributed by atoms with Crippen molar-refractivity contribution in [2.45, 2.75) is 18.6 Å². The first-order valence-corrected chi connectivity index (χ1v) is 4.33. The standard InChI is InChI=1S/C10H10O4/c11-6-3-1-2-5-9(6)7(12)4-8(13)10(5)14/h1-3,7-8,11-13H,4H2/t7-,8+/m0/s1. The van der Waals surface area contributed by atoms with Crippen LogP contribution in [0.2, 0.25) is 0 Å². The fourth-order valence-corrected chi connectivity index (χ4v) is 1.73. The Balaban J connectivity index is 2.61. The Hall–Kier alpha value is -1.39. The highest BCUT2D eigenvalue weighted by Crippen LogP contribution is 2.35. The lowest BCUT2D eigenvalue weighted by molar-refractivity contribution is 0.0477. The molecule has 2 atom stereocenters. The normalized spacial score (nSPS) is 26.0. The van der Waals surface area contributed by atoms with Gasteiger partial charge in [-0.3, -0.25) is 4.79 Å². The number of fused-ring (bicyclic) bond motifs is 1. The molecule has 0 bridgehead atoms. The number of rotatable bonds is 0. The summed E-state index contributed by atoms with van der Waals surface area (Å²) in [5.41, 5.74) is 0.430. The Labute approximate surface area is 80.4 Å². The van der Waals surface area contributed by atoms with E-state index in [1.807, 2.05) is 0 Å². The average molecular weight is 194 g/mol. The summed E-state index contributed by atoms with van der Waals surface area (Å²) < 4.78 is 0. The van der Waals surface area contributed by atoms with Gasteiger partial charge in [0.15, 0.2) is 5.78 Å². The van der Waals surface area contributed by atoms with E-state index in [-0.39, 0.29) is 23.3 Å². The van der Waals surface area contributed by atoms with Crippen LogP contribution in [0, 0.1) is 0 Å². The Morgan fingerprint density at radius 2 is 1.93 bits per heavy atom. The molecule has 2 rings (SSSR count). The van der Waals surface area contributed by atoms with Gasteiger partial charge in [-0.25, -0.2) is 0 Å². The Morgan fingerprint density at radius 3 is 2.64 bits per heavy atom. The summed E-state index contributed by atoms with van der Waals surface area (Å²) in [6.07, 6.45) is -2.19. The summed E-state index contributed by atoms with van der Waals surface area (Å²) in [4.78, 5) is 11.4. The summed E-state index contributed by atoms with van der Waals surface area (Å²) in [6, 6.07) is 4.41. The van der Waals surface area contributed by atoms with Crippen molar-refractivity contribution in [1.82, 2.24) is 0 Å². The first-order valence-electron chi connectivity index (χ1n) is 4.33. The molecular weight excluding hydrogens is 184 g/mol. The molecule has 1 aromatic carbocycles.